The van der Waals surface area contributed by atoms with E-state index in [2.05, 4.69) is 21.0 Å². The highest BCUT2D eigenvalue weighted by Crippen LogP contribution is 2.22. The van der Waals surface area contributed by atoms with Crippen LogP contribution >= 0.6 is 15.9 Å². The Morgan fingerprint density at radius 2 is 2.38 bits per heavy atom. The molecule has 2 aromatic rings. The Kier molecular flexibility index (Phi) is 2.03. The van der Waals surface area contributed by atoms with Crippen molar-refractivity contribution >= 4 is 34.8 Å². The van der Waals surface area contributed by atoms with Crippen molar-refractivity contribution in [1.82, 2.24) is 9.61 Å². The lowest BCUT2D eigenvalue weighted by molar-refractivity contribution is 0.417. The molecule has 2 radical (unpaired) electrons. The van der Waals surface area contributed by atoms with E-state index < -0.39 is 0 Å². The molecule has 0 bridgehead atoms. The Morgan fingerprint density at radius 3 is 3.08 bits per heavy atom. The lowest BCUT2D eigenvalue weighted by atomic mass is 9.98. The van der Waals surface area contributed by atoms with Gasteiger partial charge < -0.3 is 4.74 Å². The van der Waals surface area contributed by atoms with Crippen LogP contribution in [0, 0.1) is 0 Å². The Hall–Kier alpha value is -0.965. The van der Waals surface area contributed by atoms with Crippen molar-refractivity contribution in [2.24, 2.45) is 0 Å². The van der Waals surface area contributed by atoms with Gasteiger partial charge in [-0.15, -0.1) is 0 Å². The average molecular weight is 237 g/mol. The fraction of sp³-hybridized carbons (Fsp3) is 0.125. The van der Waals surface area contributed by atoms with Gasteiger partial charge in [-0.05, 0) is 27.5 Å². The molecule has 0 fully saturated rings. The first-order valence-corrected chi connectivity index (χ1v) is 4.48. The van der Waals surface area contributed by atoms with Gasteiger partial charge in [0.05, 0.1) is 7.11 Å². The van der Waals surface area contributed by atoms with E-state index in [1.54, 1.807) is 17.8 Å². The minimum absolute atomic E-state index is 0.615. The van der Waals surface area contributed by atoms with Gasteiger partial charge in [0.25, 0.3) is 0 Å². The standard InChI is InChI=1S/C8H6BBrN2O/c1-13-7-2-5(10)4-12-8(7)6(9)3-11-12/h2-4H,1H3. The van der Waals surface area contributed by atoms with E-state index in [1.165, 1.54) is 0 Å². The fourth-order valence-electron chi connectivity index (χ4n) is 1.23. The van der Waals surface area contributed by atoms with Crippen molar-refractivity contribution in [3.05, 3.63) is 22.9 Å². The molecule has 64 valence electrons. The van der Waals surface area contributed by atoms with Crippen LogP contribution in [-0.4, -0.2) is 24.6 Å². The molecule has 0 aliphatic heterocycles. The minimum atomic E-state index is 0.615. The highest BCUT2D eigenvalue weighted by atomic mass is 79.9. The van der Waals surface area contributed by atoms with Crippen LogP contribution in [0.4, 0.5) is 0 Å². The quantitative estimate of drug-likeness (QED) is 0.688. The number of ether oxygens (including phenoxy) is 1. The van der Waals surface area contributed by atoms with Gasteiger partial charge >= 0.3 is 0 Å². The van der Waals surface area contributed by atoms with Crippen molar-refractivity contribution in [3.8, 4) is 5.75 Å². The van der Waals surface area contributed by atoms with Crippen LogP contribution in [0.15, 0.2) is 22.9 Å². The predicted molar refractivity (Wildman–Crippen MR) is 54.8 cm³/mol. The molecule has 13 heavy (non-hydrogen) atoms. The summed E-state index contributed by atoms with van der Waals surface area (Å²) in [7, 11) is 7.33. The van der Waals surface area contributed by atoms with Gasteiger partial charge in [-0.1, -0.05) is 0 Å². The molecule has 0 aliphatic carbocycles. The van der Waals surface area contributed by atoms with E-state index in [4.69, 9.17) is 12.6 Å². The molecule has 0 amide bonds. The van der Waals surface area contributed by atoms with E-state index in [0.717, 1.165) is 9.99 Å². The van der Waals surface area contributed by atoms with Gasteiger partial charge in [0.1, 0.15) is 19.1 Å². The highest BCUT2D eigenvalue weighted by molar-refractivity contribution is 9.10. The smallest absolute Gasteiger partial charge is 0.145 e. The molecule has 2 aromatic heterocycles. The lowest BCUT2D eigenvalue weighted by Gasteiger charge is -2.04. The minimum Gasteiger partial charge on any atom is -0.494 e. The second-order valence-corrected chi connectivity index (χ2v) is 3.54. The first-order valence-electron chi connectivity index (χ1n) is 3.68. The summed E-state index contributed by atoms with van der Waals surface area (Å²) >= 11 is 3.35. The first kappa shape index (κ1) is 8.63. The van der Waals surface area contributed by atoms with Crippen LogP contribution in [0.1, 0.15) is 0 Å². The van der Waals surface area contributed by atoms with Crippen LogP contribution in [0.25, 0.3) is 5.52 Å². The van der Waals surface area contributed by atoms with Gasteiger partial charge in [-0.2, -0.15) is 5.10 Å². The molecule has 0 aliphatic rings. The molecule has 0 atom stereocenters. The molecular formula is C8H6BBrN2O. The summed E-state index contributed by atoms with van der Waals surface area (Å²) in [6.45, 7) is 0. The molecule has 0 N–H and O–H groups in total. The molecule has 5 heteroatoms. The number of aromatic nitrogens is 2. The summed E-state index contributed by atoms with van der Waals surface area (Å²) in [6.07, 6.45) is 3.43. The number of nitrogens with zero attached hydrogens (tertiary/aromatic N) is 2. The van der Waals surface area contributed by atoms with Crippen molar-refractivity contribution in [3.63, 3.8) is 0 Å². The van der Waals surface area contributed by atoms with Gasteiger partial charge in [0.15, 0.2) is 0 Å². The van der Waals surface area contributed by atoms with Crippen molar-refractivity contribution in [2.45, 2.75) is 0 Å². The molecule has 0 saturated heterocycles. The number of methoxy groups -OCH3 is 1. The van der Waals surface area contributed by atoms with E-state index in [1.807, 2.05) is 12.3 Å². The molecule has 0 aromatic carbocycles. The van der Waals surface area contributed by atoms with Crippen LogP contribution in [-0.2, 0) is 0 Å². The summed E-state index contributed by atoms with van der Waals surface area (Å²) in [5, 5.41) is 4.07. The summed E-state index contributed by atoms with van der Waals surface area (Å²) < 4.78 is 7.76. The van der Waals surface area contributed by atoms with Crippen molar-refractivity contribution in [2.75, 3.05) is 7.11 Å². The third-order valence-electron chi connectivity index (χ3n) is 1.79. The third-order valence-corrected chi connectivity index (χ3v) is 2.23. The number of rotatable bonds is 1. The number of fused-ring (bicyclic) bond motifs is 1. The topological polar surface area (TPSA) is 26.5 Å². The maximum atomic E-state index is 5.72. The lowest BCUT2D eigenvalue weighted by Crippen LogP contribution is -2.02. The number of halogens is 1. The van der Waals surface area contributed by atoms with Gasteiger partial charge in [0.2, 0.25) is 0 Å². The zero-order chi connectivity index (χ0) is 9.42. The van der Waals surface area contributed by atoms with Gasteiger partial charge in [0, 0.05) is 16.9 Å². The molecule has 2 rings (SSSR count). The second kappa shape index (κ2) is 3.07. The van der Waals surface area contributed by atoms with E-state index in [0.29, 0.717) is 11.2 Å². The maximum Gasteiger partial charge on any atom is 0.145 e. The van der Waals surface area contributed by atoms with E-state index in [-0.39, 0.29) is 0 Å². The van der Waals surface area contributed by atoms with E-state index >= 15 is 0 Å². The van der Waals surface area contributed by atoms with E-state index in [9.17, 15) is 0 Å². The van der Waals surface area contributed by atoms with Crippen LogP contribution in [0.2, 0.25) is 0 Å². The predicted octanol–water partition coefficient (Wildman–Crippen LogP) is 0.899. The maximum absolute atomic E-state index is 5.72. The molecule has 2 heterocycles. The fourth-order valence-corrected chi connectivity index (χ4v) is 1.63. The zero-order valence-corrected chi connectivity index (χ0v) is 8.58. The molecule has 3 nitrogen and oxygen atoms in total. The molecule has 0 saturated carbocycles. The highest BCUT2D eigenvalue weighted by Gasteiger charge is 2.06. The van der Waals surface area contributed by atoms with Crippen molar-refractivity contribution < 1.29 is 4.74 Å². The molecular weight excluding hydrogens is 231 g/mol. The van der Waals surface area contributed by atoms with Crippen LogP contribution in [0.3, 0.4) is 0 Å². The second-order valence-electron chi connectivity index (χ2n) is 2.62. The van der Waals surface area contributed by atoms with Gasteiger partial charge in [-0.3, -0.25) is 0 Å². The Balaban J connectivity index is 2.85. The largest absolute Gasteiger partial charge is 0.494 e. The summed E-state index contributed by atoms with van der Waals surface area (Å²) in [6, 6.07) is 1.85. The third kappa shape index (κ3) is 1.33. The SMILES string of the molecule is [B]c1cnn2cc(Br)cc(OC)c12. The molecule has 0 spiro atoms. The normalized spacial score (nSPS) is 10.6. The monoisotopic (exact) mass is 236 g/mol. The number of hydrogen-bond acceptors (Lipinski definition) is 2. The number of pyridine rings is 1. The van der Waals surface area contributed by atoms with Crippen molar-refractivity contribution in [1.29, 1.82) is 0 Å². The Morgan fingerprint density at radius 1 is 1.62 bits per heavy atom. The van der Waals surface area contributed by atoms with Crippen LogP contribution in [0.5, 0.6) is 5.75 Å². The zero-order valence-electron chi connectivity index (χ0n) is 6.99. The Labute approximate surface area is 85.2 Å². The summed E-state index contributed by atoms with van der Waals surface area (Å²) in [5.74, 6) is 0.712. The number of hydrogen-bond donors (Lipinski definition) is 0. The van der Waals surface area contributed by atoms with Gasteiger partial charge in [-0.25, -0.2) is 4.52 Å². The Bertz CT molecular complexity index is 455. The summed E-state index contributed by atoms with van der Waals surface area (Å²) in [4.78, 5) is 0. The first-order chi connectivity index (χ1) is 6.22. The molecule has 0 unspecified atom stereocenters. The average Bonchev–Trinajstić information content (AvgIpc) is 2.46. The summed E-state index contributed by atoms with van der Waals surface area (Å²) in [5.41, 5.74) is 1.41. The van der Waals surface area contributed by atoms with Crippen LogP contribution < -0.4 is 10.2 Å².